The molecule has 0 saturated heterocycles. The third-order valence-electron chi connectivity index (χ3n) is 3.16. The minimum absolute atomic E-state index is 0.779. The van der Waals surface area contributed by atoms with E-state index in [1.165, 1.54) is 11.3 Å². The fourth-order valence-corrected chi connectivity index (χ4v) is 2.80. The van der Waals surface area contributed by atoms with Gasteiger partial charge >= 0.3 is 0 Å². The van der Waals surface area contributed by atoms with Crippen molar-refractivity contribution in [3.63, 3.8) is 0 Å². The molecule has 0 aliphatic heterocycles. The van der Waals surface area contributed by atoms with Crippen molar-refractivity contribution in [1.82, 2.24) is 9.78 Å². The molecular formula is C16H23N3OSi. The number of hydrogen-bond acceptors (Lipinski definition) is 3. The van der Waals surface area contributed by atoms with E-state index in [1.807, 2.05) is 48.4 Å². The van der Waals surface area contributed by atoms with Crippen molar-refractivity contribution in [3.05, 3.63) is 41.7 Å². The highest BCUT2D eigenvalue weighted by Crippen LogP contribution is 2.29. The summed E-state index contributed by atoms with van der Waals surface area (Å²) in [4.78, 5) is 4.57. The van der Waals surface area contributed by atoms with Gasteiger partial charge in [0, 0.05) is 25.4 Å². The summed E-state index contributed by atoms with van der Waals surface area (Å²) in [6, 6.07) is 7.95. The van der Waals surface area contributed by atoms with Crippen molar-refractivity contribution < 1.29 is 4.43 Å². The summed E-state index contributed by atoms with van der Waals surface area (Å²) in [6.45, 7) is 8.59. The second-order valence-electron chi connectivity index (χ2n) is 6.08. The Bertz CT molecular complexity index is 641. The molecule has 0 aliphatic rings. The Labute approximate surface area is 127 Å². The van der Waals surface area contributed by atoms with Gasteiger partial charge in [0.25, 0.3) is 0 Å². The molecule has 0 aliphatic carbocycles. The molecule has 21 heavy (non-hydrogen) atoms. The maximum Gasteiger partial charge on any atom is 0.242 e. The zero-order chi connectivity index (χ0) is 15.5. The number of benzene rings is 1. The van der Waals surface area contributed by atoms with Crippen molar-refractivity contribution in [1.29, 1.82) is 0 Å². The summed E-state index contributed by atoms with van der Waals surface area (Å²) in [5.41, 5.74) is 3.26. The van der Waals surface area contributed by atoms with Crippen LogP contribution >= 0.6 is 0 Å². The van der Waals surface area contributed by atoms with E-state index in [0.29, 0.717) is 0 Å². The zero-order valence-electron chi connectivity index (χ0n) is 13.4. The quantitative estimate of drug-likeness (QED) is 0.621. The van der Waals surface area contributed by atoms with Gasteiger partial charge in [-0.05, 0) is 44.3 Å². The summed E-state index contributed by atoms with van der Waals surface area (Å²) in [6.07, 6.45) is 4.60. The highest BCUT2D eigenvalue weighted by molar-refractivity contribution is 6.70. The van der Waals surface area contributed by atoms with Crippen LogP contribution in [0, 0.1) is 6.92 Å². The fraction of sp³-hybridized carbons (Fsp3) is 0.375. The Kier molecular flexibility index (Phi) is 4.62. The van der Waals surface area contributed by atoms with Gasteiger partial charge < -0.3 is 4.43 Å². The molecule has 0 N–H and O–H groups in total. The van der Waals surface area contributed by atoms with Crippen LogP contribution in [0.3, 0.4) is 0 Å². The Hall–Kier alpha value is -1.88. The van der Waals surface area contributed by atoms with Crippen LogP contribution in [0.5, 0.6) is 5.75 Å². The van der Waals surface area contributed by atoms with Crippen molar-refractivity contribution in [2.75, 3.05) is 0 Å². The predicted molar refractivity (Wildman–Crippen MR) is 90.2 cm³/mol. The molecule has 112 valence electrons. The number of rotatable bonds is 5. The van der Waals surface area contributed by atoms with Crippen molar-refractivity contribution >= 4 is 20.2 Å². The minimum atomic E-state index is -1.63. The maximum atomic E-state index is 6.07. The van der Waals surface area contributed by atoms with Crippen molar-refractivity contribution in [3.8, 4) is 5.75 Å². The van der Waals surface area contributed by atoms with Gasteiger partial charge in [-0.3, -0.25) is 9.67 Å². The number of aromatic nitrogens is 2. The van der Waals surface area contributed by atoms with Crippen LogP contribution in [0.4, 0.5) is 5.69 Å². The summed E-state index contributed by atoms with van der Waals surface area (Å²) < 4.78 is 7.95. The Morgan fingerprint density at radius 2 is 2.00 bits per heavy atom. The first-order valence-corrected chi connectivity index (χ1v) is 10.6. The highest BCUT2D eigenvalue weighted by Gasteiger charge is 2.17. The van der Waals surface area contributed by atoms with Crippen LogP contribution in [0.2, 0.25) is 19.6 Å². The highest BCUT2D eigenvalue weighted by atomic mass is 28.4. The molecule has 0 fully saturated rings. The van der Waals surface area contributed by atoms with Crippen LogP contribution in [0.25, 0.3) is 0 Å². The largest absolute Gasteiger partial charge is 0.543 e. The Morgan fingerprint density at radius 3 is 2.62 bits per heavy atom. The van der Waals surface area contributed by atoms with E-state index in [0.717, 1.165) is 17.9 Å². The molecule has 1 aromatic heterocycles. The van der Waals surface area contributed by atoms with Gasteiger partial charge in [0.1, 0.15) is 11.4 Å². The average molecular weight is 301 g/mol. The molecule has 0 atom stereocenters. The number of hydrogen-bond donors (Lipinski definition) is 0. The van der Waals surface area contributed by atoms with E-state index < -0.39 is 8.32 Å². The summed E-state index contributed by atoms with van der Waals surface area (Å²) in [5.74, 6) is 0.871. The molecule has 1 aromatic carbocycles. The third kappa shape index (κ3) is 4.29. The molecule has 0 amide bonds. The smallest absolute Gasteiger partial charge is 0.242 e. The number of aryl methyl sites for hydroxylation is 1. The molecule has 1 heterocycles. The number of aliphatic imine (C=N–C) groups is 1. The van der Waals surface area contributed by atoms with Gasteiger partial charge in [0.05, 0.1) is 6.20 Å². The lowest BCUT2D eigenvalue weighted by Crippen LogP contribution is -2.29. The summed E-state index contributed by atoms with van der Waals surface area (Å²) >= 11 is 0. The monoisotopic (exact) mass is 301 g/mol. The van der Waals surface area contributed by atoms with E-state index in [9.17, 15) is 0 Å². The molecule has 0 saturated carbocycles. The third-order valence-corrected chi connectivity index (χ3v) is 3.99. The first-order valence-electron chi connectivity index (χ1n) is 7.15. The standard InChI is InChI=1S/C16H23N3OSi/c1-13-14(12-18-19(13)2)10-11-17-15-8-6-7-9-16(15)20-21(3,4)5/h6-9,11-12H,10H2,1-5H3. The van der Waals surface area contributed by atoms with Crippen molar-refractivity contribution in [2.24, 2.45) is 12.0 Å². The van der Waals surface area contributed by atoms with E-state index in [-0.39, 0.29) is 0 Å². The number of nitrogens with zero attached hydrogens (tertiary/aromatic N) is 3. The second-order valence-corrected chi connectivity index (χ2v) is 10.5. The van der Waals surface area contributed by atoms with Gasteiger partial charge in [-0.25, -0.2) is 0 Å². The maximum absolute atomic E-state index is 6.07. The summed E-state index contributed by atoms with van der Waals surface area (Å²) in [5, 5.41) is 4.24. The fourth-order valence-electron chi connectivity index (χ4n) is 1.97. The summed E-state index contributed by atoms with van der Waals surface area (Å²) in [7, 11) is 0.326. The molecule has 5 heteroatoms. The molecule has 2 aromatic rings. The predicted octanol–water partition coefficient (Wildman–Crippen LogP) is 3.89. The molecule has 0 spiro atoms. The Balaban J connectivity index is 2.12. The lowest BCUT2D eigenvalue weighted by molar-refractivity contribution is 0.559. The van der Waals surface area contributed by atoms with Gasteiger partial charge in [0.2, 0.25) is 8.32 Å². The number of para-hydroxylation sites is 2. The van der Waals surface area contributed by atoms with Crippen LogP contribution in [-0.2, 0) is 13.5 Å². The zero-order valence-corrected chi connectivity index (χ0v) is 14.4. The van der Waals surface area contributed by atoms with E-state index in [4.69, 9.17) is 4.43 Å². The molecular weight excluding hydrogens is 278 g/mol. The minimum Gasteiger partial charge on any atom is -0.543 e. The average Bonchev–Trinajstić information content (AvgIpc) is 2.71. The van der Waals surface area contributed by atoms with Gasteiger partial charge in [0.15, 0.2) is 0 Å². The molecule has 2 rings (SSSR count). The lowest BCUT2D eigenvalue weighted by Gasteiger charge is -2.20. The molecule has 0 bridgehead atoms. The van der Waals surface area contributed by atoms with Crippen LogP contribution in [0.15, 0.2) is 35.5 Å². The topological polar surface area (TPSA) is 39.4 Å². The van der Waals surface area contributed by atoms with Crippen molar-refractivity contribution in [2.45, 2.75) is 33.0 Å². The second kappa shape index (κ2) is 6.26. The van der Waals surface area contributed by atoms with Gasteiger partial charge in [-0.1, -0.05) is 12.1 Å². The van der Waals surface area contributed by atoms with E-state index in [2.05, 4.69) is 36.7 Å². The van der Waals surface area contributed by atoms with Crippen LogP contribution < -0.4 is 4.43 Å². The molecule has 0 radical (unpaired) electrons. The SMILES string of the molecule is Cc1c(CC=Nc2ccccc2O[Si](C)(C)C)cnn1C. The Morgan fingerprint density at radius 1 is 1.29 bits per heavy atom. The normalized spacial score (nSPS) is 12.0. The van der Waals surface area contributed by atoms with Crippen LogP contribution in [-0.4, -0.2) is 24.3 Å². The first kappa shape index (κ1) is 15.5. The lowest BCUT2D eigenvalue weighted by atomic mass is 10.2. The van der Waals surface area contributed by atoms with Crippen LogP contribution in [0.1, 0.15) is 11.3 Å². The first-order chi connectivity index (χ1) is 9.87. The van der Waals surface area contributed by atoms with Gasteiger partial charge in [-0.15, -0.1) is 0 Å². The molecule has 0 unspecified atom stereocenters. The van der Waals surface area contributed by atoms with E-state index >= 15 is 0 Å². The molecule has 4 nitrogen and oxygen atoms in total. The van der Waals surface area contributed by atoms with Gasteiger partial charge in [-0.2, -0.15) is 5.10 Å². The van der Waals surface area contributed by atoms with E-state index in [1.54, 1.807) is 0 Å².